The molecule has 0 amide bonds. The predicted octanol–water partition coefficient (Wildman–Crippen LogP) is 4.01. The van der Waals surface area contributed by atoms with E-state index in [0.717, 1.165) is 56.3 Å². The fraction of sp³-hybridized carbons (Fsp3) is 0.611. The van der Waals surface area contributed by atoms with Crippen LogP contribution in [0.25, 0.3) is 0 Å². The number of halogens is 1. The van der Waals surface area contributed by atoms with Gasteiger partial charge in [0.15, 0.2) is 5.78 Å². The number of ketones is 1. The van der Waals surface area contributed by atoms with Gasteiger partial charge in [-0.3, -0.25) is 4.79 Å². The Morgan fingerprint density at radius 1 is 1.24 bits per heavy atom. The molecule has 0 bridgehead atoms. The maximum Gasteiger partial charge on any atom is 0.160 e. The number of Topliss-reactive ketones (excluding diaryl/α,β-unsaturated/α-hetero) is 1. The Morgan fingerprint density at radius 2 is 1.90 bits per heavy atom. The summed E-state index contributed by atoms with van der Waals surface area (Å²) in [5, 5.41) is 0. The van der Waals surface area contributed by atoms with Gasteiger partial charge in [0.1, 0.15) is 5.82 Å². The van der Waals surface area contributed by atoms with Crippen LogP contribution in [-0.4, -0.2) is 29.8 Å². The van der Waals surface area contributed by atoms with E-state index in [1.807, 2.05) is 0 Å². The van der Waals surface area contributed by atoms with Crippen molar-refractivity contribution in [3.63, 3.8) is 0 Å². The van der Waals surface area contributed by atoms with Crippen LogP contribution in [0.2, 0.25) is 0 Å². The van der Waals surface area contributed by atoms with Gasteiger partial charge in [-0.25, -0.2) is 4.39 Å². The standard InChI is InChI=1S/C18H26FNO/c1-4-10-20(11-5-2)14-6-7-16-17(12-14)15(13(3)21)8-9-18(16)19/h8-9,14H,4-7,10-12H2,1-3H3/t14-/m1/s1. The molecule has 0 aromatic heterocycles. The monoisotopic (exact) mass is 291 g/mol. The fourth-order valence-corrected chi connectivity index (χ4v) is 3.51. The van der Waals surface area contributed by atoms with E-state index in [9.17, 15) is 9.18 Å². The highest BCUT2D eigenvalue weighted by molar-refractivity contribution is 5.96. The number of rotatable bonds is 6. The Balaban J connectivity index is 2.29. The molecule has 0 fully saturated rings. The molecule has 1 aliphatic rings. The van der Waals surface area contributed by atoms with Crippen molar-refractivity contribution in [3.05, 3.63) is 34.6 Å². The smallest absolute Gasteiger partial charge is 0.160 e. The van der Waals surface area contributed by atoms with Crippen molar-refractivity contribution in [1.29, 1.82) is 0 Å². The van der Waals surface area contributed by atoms with Crippen LogP contribution >= 0.6 is 0 Å². The van der Waals surface area contributed by atoms with Crippen LogP contribution in [0.3, 0.4) is 0 Å². The zero-order valence-corrected chi connectivity index (χ0v) is 13.4. The molecule has 3 heteroatoms. The third-order valence-electron chi connectivity index (χ3n) is 4.46. The van der Waals surface area contributed by atoms with E-state index in [0.29, 0.717) is 11.6 Å². The van der Waals surface area contributed by atoms with E-state index < -0.39 is 0 Å². The molecule has 1 atom stereocenters. The fourth-order valence-electron chi connectivity index (χ4n) is 3.51. The largest absolute Gasteiger partial charge is 0.300 e. The number of fused-ring (bicyclic) bond motifs is 1. The van der Waals surface area contributed by atoms with E-state index in [1.54, 1.807) is 13.0 Å². The van der Waals surface area contributed by atoms with Crippen LogP contribution in [0.5, 0.6) is 0 Å². The lowest BCUT2D eigenvalue weighted by Gasteiger charge is -2.35. The van der Waals surface area contributed by atoms with Gasteiger partial charge >= 0.3 is 0 Å². The first-order valence-electron chi connectivity index (χ1n) is 8.13. The van der Waals surface area contributed by atoms with Gasteiger partial charge < -0.3 is 4.90 Å². The first-order chi connectivity index (χ1) is 10.1. The van der Waals surface area contributed by atoms with Crippen molar-refractivity contribution in [2.75, 3.05) is 13.1 Å². The summed E-state index contributed by atoms with van der Waals surface area (Å²) in [5.74, 6) is -0.101. The van der Waals surface area contributed by atoms with Crippen molar-refractivity contribution < 1.29 is 9.18 Å². The summed E-state index contributed by atoms with van der Waals surface area (Å²) in [4.78, 5) is 14.3. The average molecular weight is 291 g/mol. The van der Waals surface area contributed by atoms with Gasteiger partial charge in [0.05, 0.1) is 0 Å². The minimum atomic E-state index is -0.147. The lowest BCUT2D eigenvalue weighted by atomic mass is 9.83. The SMILES string of the molecule is CCCN(CCC)[C@@H]1CCc2c(F)ccc(C(C)=O)c2C1. The van der Waals surface area contributed by atoms with E-state index in [2.05, 4.69) is 18.7 Å². The Hall–Kier alpha value is -1.22. The minimum Gasteiger partial charge on any atom is -0.300 e. The van der Waals surface area contributed by atoms with Crippen LogP contribution < -0.4 is 0 Å². The summed E-state index contributed by atoms with van der Waals surface area (Å²) in [5.41, 5.74) is 2.44. The molecule has 0 saturated carbocycles. The van der Waals surface area contributed by atoms with Crippen LogP contribution in [0.1, 0.15) is 61.5 Å². The van der Waals surface area contributed by atoms with Crippen molar-refractivity contribution in [2.24, 2.45) is 0 Å². The molecule has 0 radical (unpaired) electrons. The highest BCUT2D eigenvalue weighted by Gasteiger charge is 2.27. The van der Waals surface area contributed by atoms with Gasteiger partial charge in [-0.05, 0) is 75.4 Å². The Labute approximate surface area is 127 Å². The molecule has 2 rings (SSSR count). The van der Waals surface area contributed by atoms with Gasteiger partial charge in [0, 0.05) is 11.6 Å². The minimum absolute atomic E-state index is 0.0458. The first-order valence-corrected chi connectivity index (χ1v) is 8.13. The second-order valence-corrected chi connectivity index (χ2v) is 6.04. The summed E-state index contributed by atoms with van der Waals surface area (Å²) in [6.07, 6.45) is 4.81. The number of carbonyl (C=O) groups excluding carboxylic acids is 1. The number of nitrogens with zero attached hydrogens (tertiary/aromatic N) is 1. The Kier molecular flexibility index (Phi) is 5.51. The van der Waals surface area contributed by atoms with Crippen molar-refractivity contribution in [2.45, 2.75) is 58.9 Å². The molecule has 0 aliphatic heterocycles. The zero-order valence-electron chi connectivity index (χ0n) is 13.4. The second-order valence-electron chi connectivity index (χ2n) is 6.04. The lowest BCUT2D eigenvalue weighted by Crippen LogP contribution is -2.41. The molecule has 2 nitrogen and oxygen atoms in total. The normalized spacial score (nSPS) is 17.9. The topological polar surface area (TPSA) is 20.3 Å². The van der Waals surface area contributed by atoms with Gasteiger partial charge in [0.2, 0.25) is 0 Å². The van der Waals surface area contributed by atoms with Crippen molar-refractivity contribution in [1.82, 2.24) is 4.90 Å². The van der Waals surface area contributed by atoms with Crippen LogP contribution in [0.15, 0.2) is 12.1 Å². The molecule has 1 aromatic rings. The molecule has 0 heterocycles. The summed E-state index contributed by atoms with van der Waals surface area (Å²) in [6, 6.07) is 3.55. The molecular formula is C18H26FNO. The van der Waals surface area contributed by atoms with E-state index in [-0.39, 0.29) is 11.6 Å². The molecule has 0 spiro atoms. The molecule has 0 unspecified atom stereocenters. The third-order valence-corrected chi connectivity index (χ3v) is 4.46. The van der Waals surface area contributed by atoms with Gasteiger partial charge in [-0.15, -0.1) is 0 Å². The summed E-state index contributed by atoms with van der Waals surface area (Å²) >= 11 is 0. The maximum atomic E-state index is 14.0. The first kappa shape index (κ1) is 16.2. The van der Waals surface area contributed by atoms with Crippen molar-refractivity contribution >= 4 is 5.78 Å². The number of carbonyl (C=O) groups is 1. The quantitative estimate of drug-likeness (QED) is 0.738. The molecule has 1 aliphatic carbocycles. The number of hydrogen-bond acceptors (Lipinski definition) is 2. The second kappa shape index (κ2) is 7.17. The van der Waals surface area contributed by atoms with Crippen LogP contribution in [-0.2, 0) is 12.8 Å². The Bertz CT molecular complexity index is 506. The Morgan fingerprint density at radius 3 is 2.48 bits per heavy atom. The van der Waals surface area contributed by atoms with E-state index >= 15 is 0 Å². The third kappa shape index (κ3) is 3.52. The molecular weight excluding hydrogens is 265 g/mol. The molecule has 21 heavy (non-hydrogen) atoms. The van der Waals surface area contributed by atoms with E-state index in [4.69, 9.17) is 0 Å². The maximum absolute atomic E-state index is 14.0. The van der Waals surface area contributed by atoms with Gasteiger partial charge in [-0.2, -0.15) is 0 Å². The van der Waals surface area contributed by atoms with E-state index in [1.165, 1.54) is 6.07 Å². The van der Waals surface area contributed by atoms with Crippen LogP contribution in [0.4, 0.5) is 4.39 Å². The zero-order chi connectivity index (χ0) is 15.4. The average Bonchev–Trinajstić information content (AvgIpc) is 2.46. The summed E-state index contributed by atoms with van der Waals surface area (Å²) in [6.45, 7) is 8.13. The predicted molar refractivity (Wildman–Crippen MR) is 84.4 cm³/mol. The lowest BCUT2D eigenvalue weighted by molar-refractivity contribution is 0.101. The summed E-state index contributed by atoms with van der Waals surface area (Å²) in [7, 11) is 0. The molecule has 0 N–H and O–H groups in total. The molecule has 116 valence electrons. The highest BCUT2D eigenvalue weighted by Crippen LogP contribution is 2.30. The van der Waals surface area contributed by atoms with Gasteiger partial charge in [0.25, 0.3) is 0 Å². The number of benzene rings is 1. The van der Waals surface area contributed by atoms with Crippen molar-refractivity contribution in [3.8, 4) is 0 Å². The molecule has 1 aromatic carbocycles. The van der Waals surface area contributed by atoms with Crippen LogP contribution in [0, 0.1) is 5.82 Å². The molecule has 0 saturated heterocycles. The summed E-state index contributed by atoms with van der Waals surface area (Å²) < 4.78 is 14.0. The van der Waals surface area contributed by atoms with Gasteiger partial charge in [-0.1, -0.05) is 13.8 Å². The number of hydrogen-bond donors (Lipinski definition) is 0. The highest BCUT2D eigenvalue weighted by atomic mass is 19.1.